The Kier molecular flexibility index (Phi) is 6.75. The van der Waals surface area contributed by atoms with Crippen LogP contribution in [-0.4, -0.2) is 34.2 Å². The Morgan fingerprint density at radius 1 is 1.00 bits per heavy atom. The van der Waals surface area contributed by atoms with Gasteiger partial charge in [0.1, 0.15) is 0 Å². The minimum atomic E-state index is -0.435. The number of hydrogen-bond donors (Lipinski definition) is 1. The third-order valence-electron chi connectivity index (χ3n) is 4.85. The van der Waals surface area contributed by atoms with Crippen molar-refractivity contribution in [3.05, 3.63) is 112 Å². The van der Waals surface area contributed by atoms with E-state index in [1.54, 1.807) is 18.2 Å². The number of hydrogen-bond acceptors (Lipinski definition) is 6. The van der Waals surface area contributed by atoms with Crippen LogP contribution in [0.15, 0.2) is 88.8 Å². The van der Waals surface area contributed by atoms with E-state index in [1.807, 2.05) is 60.7 Å². The second-order valence-corrected chi connectivity index (χ2v) is 7.21. The SMILES string of the molecule is COc1cc(/C=N\n2c(Cc3ccccc3)n[nH]c2=O)ccc1OC(=O)Cc1ccccc1. The Morgan fingerprint density at radius 2 is 1.70 bits per heavy atom. The summed E-state index contributed by atoms with van der Waals surface area (Å²) >= 11 is 0. The van der Waals surface area contributed by atoms with Crippen LogP contribution in [0.25, 0.3) is 0 Å². The van der Waals surface area contributed by atoms with Gasteiger partial charge in [-0.25, -0.2) is 9.89 Å². The fourth-order valence-corrected chi connectivity index (χ4v) is 3.23. The molecule has 8 nitrogen and oxygen atoms in total. The molecule has 0 bridgehead atoms. The third-order valence-corrected chi connectivity index (χ3v) is 4.85. The van der Waals surface area contributed by atoms with Gasteiger partial charge in [-0.1, -0.05) is 60.7 Å². The molecule has 0 aliphatic rings. The molecule has 1 N–H and O–H groups in total. The van der Waals surface area contributed by atoms with Crippen LogP contribution in [0.3, 0.4) is 0 Å². The molecule has 3 aromatic carbocycles. The van der Waals surface area contributed by atoms with Crippen molar-refractivity contribution in [1.82, 2.24) is 14.9 Å². The first-order valence-electron chi connectivity index (χ1n) is 10.3. The molecular weight excluding hydrogens is 420 g/mol. The molecule has 1 aromatic heterocycles. The first kappa shape index (κ1) is 21.8. The highest BCUT2D eigenvalue weighted by molar-refractivity contribution is 5.82. The van der Waals surface area contributed by atoms with Gasteiger partial charge in [-0.15, -0.1) is 0 Å². The van der Waals surface area contributed by atoms with E-state index in [2.05, 4.69) is 15.3 Å². The predicted octanol–water partition coefficient (Wildman–Crippen LogP) is 3.20. The fraction of sp³-hybridized carbons (Fsp3) is 0.120. The van der Waals surface area contributed by atoms with Crippen LogP contribution in [-0.2, 0) is 17.6 Å². The largest absolute Gasteiger partial charge is 0.493 e. The van der Waals surface area contributed by atoms with Gasteiger partial charge in [-0.3, -0.25) is 4.79 Å². The zero-order chi connectivity index (χ0) is 23.0. The van der Waals surface area contributed by atoms with Crippen molar-refractivity contribution >= 4 is 12.2 Å². The Balaban J connectivity index is 1.49. The number of aromatic nitrogens is 3. The smallest absolute Gasteiger partial charge is 0.364 e. The second-order valence-electron chi connectivity index (χ2n) is 7.21. The first-order valence-corrected chi connectivity index (χ1v) is 10.3. The Labute approximate surface area is 190 Å². The first-order chi connectivity index (χ1) is 16.1. The van der Waals surface area contributed by atoms with Crippen LogP contribution in [0, 0.1) is 0 Å². The minimum absolute atomic E-state index is 0.154. The lowest BCUT2D eigenvalue weighted by Gasteiger charge is -2.10. The van der Waals surface area contributed by atoms with Crippen molar-refractivity contribution in [2.45, 2.75) is 12.8 Å². The molecular formula is C25H22N4O4. The van der Waals surface area contributed by atoms with Crippen LogP contribution in [0.1, 0.15) is 22.5 Å². The van der Waals surface area contributed by atoms with Gasteiger partial charge in [0.2, 0.25) is 0 Å². The average molecular weight is 442 g/mol. The van der Waals surface area contributed by atoms with Crippen LogP contribution in [0.4, 0.5) is 0 Å². The molecule has 0 aliphatic heterocycles. The van der Waals surface area contributed by atoms with Crippen LogP contribution >= 0.6 is 0 Å². The monoisotopic (exact) mass is 442 g/mol. The lowest BCUT2D eigenvalue weighted by atomic mass is 10.1. The number of carbonyl (C=O) groups excluding carboxylic acids is 1. The number of rotatable bonds is 8. The summed E-state index contributed by atoms with van der Waals surface area (Å²) in [4.78, 5) is 24.4. The summed E-state index contributed by atoms with van der Waals surface area (Å²) in [6.07, 6.45) is 2.13. The summed E-state index contributed by atoms with van der Waals surface area (Å²) in [5, 5.41) is 10.8. The van der Waals surface area contributed by atoms with Gasteiger partial charge in [0.25, 0.3) is 0 Å². The molecule has 0 spiro atoms. The number of methoxy groups -OCH3 is 1. The van der Waals surface area contributed by atoms with E-state index >= 15 is 0 Å². The fourth-order valence-electron chi connectivity index (χ4n) is 3.23. The van der Waals surface area contributed by atoms with E-state index in [9.17, 15) is 9.59 Å². The molecule has 0 saturated heterocycles. The molecule has 166 valence electrons. The normalized spacial score (nSPS) is 10.9. The summed E-state index contributed by atoms with van der Waals surface area (Å²) in [6, 6.07) is 24.1. The predicted molar refractivity (Wildman–Crippen MR) is 124 cm³/mol. The summed E-state index contributed by atoms with van der Waals surface area (Å²) in [7, 11) is 1.49. The molecule has 33 heavy (non-hydrogen) atoms. The zero-order valence-electron chi connectivity index (χ0n) is 18.0. The molecule has 1 heterocycles. The van der Waals surface area contributed by atoms with E-state index in [0.29, 0.717) is 29.3 Å². The van der Waals surface area contributed by atoms with Crippen molar-refractivity contribution < 1.29 is 14.3 Å². The highest BCUT2D eigenvalue weighted by atomic mass is 16.6. The second kappa shape index (κ2) is 10.2. The Bertz CT molecular complexity index is 1310. The van der Waals surface area contributed by atoms with Crippen molar-refractivity contribution in [3.63, 3.8) is 0 Å². The van der Waals surface area contributed by atoms with Gasteiger partial charge in [0.15, 0.2) is 17.3 Å². The van der Waals surface area contributed by atoms with Gasteiger partial charge in [-0.2, -0.15) is 14.9 Å². The van der Waals surface area contributed by atoms with Gasteiger partial charge >= 0.3 is 11.7 Å². The number of carbonyl (C=O) groups is 1. The van der Waals surface area contributed by atoms with Crippen LogP contribution < -0.4 is 15.2 Å². The summed E-state index contributed by atoms with van der Waals surface area (Å²) < 4.78 is 12.1. The lowest BCUT2D eigenvalue weighted by molar-refractivity contribution is -0.133. The molecule has 4 rings (SSSR count). The third kappa shape index (κ3) is 5.62. The highest BCUT2D eigenvalue weighted by Gasteiger charge is 2.12. The van der Waals surface area contributed by atoms with Crippen LogP contribution in [0.5, 0.6) is 11.5 Å². The average Bonchev–Trinajstić information content (AvgIpc) is 3.18. The zero-order valence-corrected chi connectivity index (χ0v) is 18.0. The Hall–Kier alpha value is -4.46. The molecule has 4 aromatic rings. The van der Waals surface area contributed by atoms with Crippen molar-refractivity contribution in [2.24, 2.45) is 5.10 Å². The molecule has 0 amide bonds. The van der Waals surface area contributed by atoms with Crippen molar-refractivity contribution in [2.75, 3.05) is 7.11 Å². The molecule has 0 radical (unpaired) electrons. The van der Waals surface area contributed by atoms with Gasteiger partial charge in [0, 0.05) is 6.42 Å². The van der Waals surface area contributed by atoms with Gasteiger partial charge in [0.05, 0.1) is 19.7 Å². The van der Waals surface area contributed by atoms with E-state index in [-0.39, 0.29) is 6.42 Å². The number of H-pyrrole nitrogens is 1. The quantitative estimate of drug-likeness (QED) is 0.257. The maximum absolute atomic E-state index is 12.3. The maximum atomic E-state index is 12.3. The van der Waals surface area contributed by atoms with Crippen LogP contribution in [0.2, 0.25) is 0 Å². The molecule has 0 aliphatic carbocycles. The highest BCUT2D eigenvalue weighted by Crippen LogP contribution is 2.28. The number of nitrogens with zero attached hydrogens (tertiary/aromatic N) is 3. The lowest BCUT2D eigenvalue weighted by Crippen LogP contribution is -2.15. The topological polar surface area (TPSA) is 98.6 Å². The van der Waals surface area contributed by atoms with E-state index < -0.39 is 11.7 Å². The minimum Gasteiger partial charge on any atom is -0.493 e. The number of nitrogens with one attached hydrogen (secondary N) is 1. The summed E-state index contributed by atoms with van der Waals surface area (Å²) in [6.45, 7) is 0. The molecule has 0 unspecified atom stereocenters. The van der Waals surface area contributed by atoms with E-state index in [1.165, 1.54) is 18.0 Å². The summed E-state index contributed by atoms with van der Waals surface area (Å²) in [5.74, 6) is 0.780. The molecule has 0 saturated carbocycles. The van der Waals surface area contributed by atoms with Gasteiger partial charge in [-0.05, 0) is 34.9 Å². The standard InChI is InChI=1S/C25H22N4O4/c1-32-22-14-20(12-13-21(22)33-24(30)16-19-10-6-3-7-11-19)17-26-29-23(27-28-25(29)31)15-18-8-4-2-5-9-18/h2-14,17H,15-16H2,1H3,(H,28,31)/b26-17-. The van der Waals surface area contributed by atoms with E-state index in [0.717, 1.165) is 11.1 Å². The molecule has 8 heteroatoms. The van der Waals surface area contributed by atoms with Crippen molar-refractivity contribution in [1.29, 1.82) is 0 Å². The number of esters is 1. The van der Waals surface area contributed by atoms with Crippen molar-refractivity contribution in [3.8, 4) is 11.5 Å². The maximum Gasteiger partial charge on any atom is 0.364 e. The number of aromatic amines is 1. The molecule has 0 fully saturated rings. The van der Waals surface area contributed by atoms with E-state index in [4.69, 9.17) is 9.47 Å². The Morgan fingerprint density at radius 3 is 2.39 bits per heavy atom. The molecule has 0 atom stereocenters. The summed E-state index contributed by atoms with van der Waals surface area (Å²) in [5.41, 5.74) is 2.10. The van der Waals surface area contributed by atoms with Gasteiger partial charge < -0.3 is 9.47 Å². The number of ether oxygens (including phenoxy) is 2. The number of benzene rings is 3.